The molecule has 0 fully saturated rings. The normalized spacial score (nSPS) is 4.36. The molecule has 0 spiro atoms. The van der Waals surface area contributed by atoms with E-state index in [-0.39, 0.29) is 31.8 Å². The topological polar surface area (TPSA) is 202 Å². The van der Waals surface area contributed by atoms with E-state index in [9.17, 15) is 0 Å². The first kappa shape index (κ1) is 32.5. The van der Waals surface area contributed by atoms with E-state index in [0.29, 0.717) is 0 Å². The second kappa shape index (κ2) is 23.1. The Bertz CT molecular complexity index is 72.6. The van der Waals surface area contributed by atoms with Crippen LogP contribution in [0.1, 0.15) is 0 Å². The second-order valence-electron chi connectivity index (χ2n) is 0.447. The molecular formula is H6N4O6Zn. The minimum absolute atomic E-state index is 0. The molecule has 0 saturated carbocycles. The third-order valence-corrected chi connectivity index (χ3v) is 0. The zero-order valence-corrected chi connectivity index (χ0v) is 8.43. The van der Waals surface area contributed by atoms with E-state index in [0.717, 1.165) is 0 Å². The van der Waals surface area contributed by atoms with E-state index in [1.54, 1.807) is 0 Å². The van der Waals surface area contributed by atoms with Crippen LogP contribution >= 0.6 is 0 Å². The zero-order chi connectivity index (χ0) is 7.15. The average molecular weight is 223 g/mol. The molecule has 11 heavy (non-hydrogen) atoms. The summed E-state index contributed by atoms with van der Waals surface area (Å²) in [6.07, 6.45) is 0. The molecule has 6 N–H and O–H groups in total. The molecule has 0 aromatic carbocycles. The van der Waals surface area contributed by atoms with Gasteiger partial charge in [0.1, 0.15) is 0 Å². The van der Waals surface area contributed by atoms with E-state index in [1.807, 2.05) is 0 Å². The van der Waals surface area contributed by atoms with Crippen LogP contribution in [0.15, 0.2) is 0 Å². The Morgan fingerprint density at radius 2 is 0.727 bits per heavy atom. The van der Waals surface area contributed by atoms with Crippen LogP contribution in [0.5, 0.6) is 0 Å². The van der Waals surface area contributed by atoms with Crippen LogP contribution in [-0.4, -0.2) is 10.2 Å². The Morgan fingerprint density at radius 1 is 0.727 bits per heavy atom. The van der Waals surface area contributed by atoms with Gasteiger partial charge in [0.25, 0.3) is 0 Å². The van der Waals surface area contributed by atoms with Gasteiger partial charge in [0.2, 0.25) is 0 Å². The Kier molecular flexibility index (Phi) is 68.3. The molecule has 0 rings (SSSR count). The van der Waals surface area contributed by atoms with Gasteiger partial charge in [0.15, 0.2) is 0 Å². The molecule has 0 aromatic rings. The van der Waals surface area contributed by atoms with Crippen LogP contribution in [0, 0.1) is 30.6 Å². The first-order valence-corrected chi connectivity index (χ1v) is 1.10. The van der Waals surface area contributed by atoms with E-state index in [2.05, 4.69) is 0 Å². The number of hydrogen-bond acceptors (Lipinski definition) is 8. The Labute approximate surface area is 73.3 Å². The SMILES string of the molecule is N.N.O=[N+]([O-])[O-].O=[N+]([O-])[O-].[Zn+2]. The fourth-order valence-corrected chi connectivity index (χ4v) is 0. The molecule has 0 unspecified atom stereocenters. The quantitative estimate of drug-likeness (QED) is 0.320. The largest absolute Gasteiger partial charge is 2.00 e. The van der Waals surface area contributed by atoms with Gasteiger partial charge in [-0.3, -0.25) is 0 Å². The maximum Gasteiger partial charge on any atom is 2.00 e. The molecule has 0 aromatic heterocycles. The van der Waals surface area contributed by atoms with Crippen LogP contribution in [-0.2, 0) is 19.5 Å². The molecule has 10 nitrogen and oxygen atoms in total. The zero-order valence-electron chi connectivity index (χ0n) is 5.47. The molecule has 0 heterocycles. The van der Waals surface area contributed by atoms with Crippen LogP contribution in [0.3, 0.4) is 0 Å². The number of nitrogens with zero attached hydrogens (tertiary/aromatic N) is 2. The molecule has 11 heteroatoms. The fourth-order valence-electron chi connectivity index (χ4n) is 0. The van der Waals surface area contributed by atoms with Crippen molar-refractivity contribution in [3.63, 3.8) is 0 Å². The summed E-state index contributed by atoms with van der Waals surface area (Å²) >= 11 is 0. The number of rotatable bonds is 0. The summed E-state index contributed by atoms with van der Waals surface area (Å²) < 4.78 is 0. The third-order valence-electron chi connectivity index (χ3n) is 0. The summed E-state index contributed by atoms with van der Waals surface area (Å²) in [6.45, 7) is 0. The predicted octanol–water partition coefficient (Wildman–Crippen LogP) is -0.157. The van der Waals surface area contributed by atoms with Crippen molar-refractivity contribution in [1.82, 2.24) is 12.3 Å². The molecule has 0 amide bonds. The summed E-state index contributed by atoms with van der Waals surface area (Å²) in [4.78, 5) is 16.5. The van der Waals surface area contributed by atoms with Gasteiger partial charge >= 0.3 is 19.5 Å². The summed E-state index contributed by atoms with van der Waals surface area (Å²) in [5.41, 5.74) is 0. The molecule has 0 saturated heterocycles. The van der Waals surface area contributed by atoms with Crippen molar-refractivity contribution in [2.45, 2.75) is 0 Å². The van der Waals surface area contributed by atoms with Crippen molar-refractivity contribution in [3.05, 3.63) is 30.6 Å². The van der Waals surface area contributed by atoms with Crippen molar-refractivity contribution in [2.24, 2.45) is 0 Å². The van der Waals surface area contributed by atoms with Gasteiger partial charge in [-0.1, -0.05) is 0 Å². The first-order valence-electron chi connectivity index (χ1n) is 1.10. The summed E-state index contributed by atoms with van der Waals surface area (Å²) in [6, 6.07) is 0. The maximum atomic E-state index is 8.25. The van der Waals surface area contributed by atoms with Crippen LogP contribution < -0.4 is 12.3 Å². The predicted molar refractivity (Wildman–Crippen MR) is 30.8 cm³/mol. The molecule has 0 bridgehead atoms. The van der Waals surface area contributed by atoms with Gasteiger partial charge in [0, 0.05) is 0 Å². The monoisotopic (exact) mass is 222 g/mol. The Balaban J connectivity index is -0.0000000171. The van der Waals surface area contributed by atoms with Gasteiger partial charge in [-0.2, -0.15) is 0 Å². The maximum absolute atomic E-state index is 8.25. The molecular weight excluding hydrogens is 217 g/mol. The van der Waals surface area contributed by atoms with E-state index in [1.165, 1.54) is 0 Å². The van der Waals surface area contributed by atoms with Crippen LogP contribution in [0.25, 0.3) is 0 Å². The molecule has 64 valence electrons. The summed E-state index contributed by atoms with van der Waals surface area (Å²) in [5, 5.41) is 29.5. The molecule has 0 aliphatic rings. The van der Waals surface area contributed by atoms with Crippen molar-refractivity contribution in [3.8, 4) is 0 Å². The Morgan fingerprint density at radius 3 is 0.727 bits per heavy atom. The van der Waals surface area contributed by atoms with Crippen molar-refractivity contribution in [1.29, 1.82) is 0 Å². The average Bonchev–Trinajstić information content (AvgIpc) is 1.25. The van der Waals surface area contributed by atoms with Gasteiger partial charge in [-0.05, 0) is 0 Å². The van der Waals surface area contributed by atoms with Gasteiger partial charge < -0.3 is 42.9 Å². The van der Waals surface area contributed by atoms with Crippen LogP contribution in [0.4, 0.5) is 0 Å². The van der Waals surface area contributed by atoms with E-state index in [4.69, 9.17) is 30.6 Å². The van der Waals surface area contributed by atoms with Gasteiger partial charge in [-0.25, -0.2) is 0 Å². The van der Waals surface area contributed by atoms with Crippen molar-refractivity contribution in [2.75, 3.05) is 0 Å². The standard InChI is InChI=1S/2NO3.2H3N.Zn/c2*2-1(3)4;;;/h;;2*1H3;/q2*-1;;;+2. The molecule has 0 aliphatic heterocycles. The smallest absolute Gasteiger partial charge is 0.356 e. The van der Waals surface area contributed by atoms with Gasteiger partial charge in [-0.15, -0.1) is 0 Å². The van der Waals surface area contributed by atoms with Crippen LogP contribution in [0.2, 0.25) is 0 Å². The first-order chi connectivity index (χ1) is 3.46. The minimum Gasteiger partial charge on any atom is -0.356 e. The third kappa shape index (κ3) is 386. The second-order valence-corrected chi connectivity index (χ2v) is 0.447. The van der Waals surface area contributed by atoms with Gasteiger partial charge in [0.05, 0.1) is 10.2 Å². The van der Waals surface area contributed by atoms with E-state index >= 15 is 0 Å². The number of hydrogen-bond donors (Lipinski definition) is 2. The fraction of sp³-hybridized carbons (Fsp3) is 0. The van der Waals surface area contributed by atoms with Crippen molar-refractivity contribution >= 4 is 0 Å². The molecule has 0 radical (unpaired) electrons. The Hall–Kier alpha value is -1.06. The summed E-state index contributed by atoms with van der Waals surface area (Å²) in [5.74, 6) is 0. The van der Waals surface area contributed by atoms with E-state index < -0.39 is 10.2 Å². The molecule has 0 aliphatic carbocycles. The summed E-state index contributed by atoms with van der Waals surface area (Å²) in [7, 11) is 0. The minimum atomic E-state index is -1.75. The van der Waals surface area contributed by atoms with Crippen molar-refractivity contribution < 1.29 is 29.7 Å². The molecule has 0 atom stereocenters.